The molecule has 2 atom stereocenters. The van der Waals surface area contributed by atoms with E-state index in [1.54, 1.807) is 20.8 Å². The number of hydrogen-bond donors (Lipinski definition) is 0. The smallest absolute Gasteiger partial charge is 0.420 e. The van der Waals surface area contributed by atoms with Crippen LogP contribution in [0.4, 0.5) is 9.59 Å². The van der Waals surface area contributed by atoms with E-state index in [2.05, 4.69) is 33.9 Å². The first kappa shape index (κ1) is 23.4. The second-order valence-corrected chi connectivity index (χ2v) is 14.9. The van der Waals surface area contributed by atoms with Gasteiger partial charge in [-0.05, 0) is 50.9 Å². The highest BCUT2D eigenvalue weighted by Crippen LogP contribution is 2.37. The van der Waals surface area contributed by atoms with Gasteiger partial charge < -0.3 is 13.9 Å². The number of amides is 2. The number of hydrogen-bond acceptors (Lipinski definition) is 5. The highest BCUT2D eigenvalue weighted by Gasteiger charge is 2.48. The number of carbonyl (C=O) groups excluding carboxylic acids is 2. The Labute approximate surface area is 175 Å². The summed E-state index contributed by atoms with van der Waals surface area (Å²) >= 11 is 0. The molecule has 0 unspecified atom stereocenters. The highest BCUT2D eigenvalue weighted by molar-refractivity contribution is 6.74. The first-order valence-corrected chi connectivity index (χ1v) is 13.0. The van der Waals surface area contributed by atoms with Crippen molar-refractivity contribution < 1.29 is 23.5 Å². The van der Waals surface area contributed by atoms with Crippen LogP contribution in [0, 0.1) is 0 Å². The third kappa shape index (κ3) is 6.06. The van der Waals surface area contributed by atoms with E-state index in [4.69, 9.17) is 13.9 Å². The predicted octanol–water partition coefficient (Wildman–Crippen LogP) is 5.38. The van der Waals surface area contributed by atoms with E-state index in [1.165, 1.54) is 0 Å². The average Bonchev–Trinajstić information content (AvgIpc) is 2.87. The maximum absolute atomic E-state index is 12.7. The van der Waals surface area contributed by atoms with E-state index >= 15 is 0 Å². The fourth-order valence-corrected chi connectivity index (χ4v) is 3.83. The van der Waals surface area contributed by atoms with Crippen molar-refractivity contribution >= 4 is 20.5 Å². The van der Waals surface area contributed by atoms with Crippen LogP contribution in [0.2, 0.25) is 18.1 Å². The molecule has 0 aliphatic carbocycles. The average molecular weight is 422 g/mol. The zero-order valence-corrected chi connectivity index (χ0v) is 19.9. The Hall–Kier alpha value is -1.86. The summed E-state index contributed by atoms with van der Waals surface area (Å²) in [5.74, 6) is 0. The number of nitrogens with zero attached hydrogens (tertiary/aromatic N) is 1. The van der Waals surface area contributed by atoms with Gasteiger partial charge in [-0.15, -0.1) is 0 Å². The minimum absolute atomic E-state index is 0.0371. The van der Waals surface area contributed by atoms with Crippen LogP contribution in [0.5, 0.6) is 0 Å². The molecular weight excluding hydrogens is 386 g/mol. The Morgan fingerprint density at radius 3 is 2.21 bits per heavy atom. The van der Waals surface area contributed by atoms with Gasteiger partial charge in [0, 0.05) is 0 Å². The molecule has 1 aliphatic rings. The molecule has 162 valence electrons. The molecule has 7 heteroatoms. The Kier molecular flexibility index (Phi) is 6.85. The topological polar surface area (TPSA) is 65.1 Å². The summed E-state index contributed by atoms with van der Waals surface area (Å²) in [7, 11) is -2.03. The van der Waals surface area contributed by atoms with Crippen LogP contribution in [0.25, 0.3) is 0 Å². The standard InChI is InChI=1S/C22H35NO5Si/c1-21(2,3)28-20(25)23-17(14-16-12-10-9-11-13-16)18(27-19(23)24)15-26-29(7,8)22(4,5)6/h9-13,17-18H,14-15H2,1-8H3/t17-,18+/m0/s1. The predicted molar refractivity (Wildman–Crippen MR) is 115 cm³/mol. The minimum atomic E-state index is -2.03. The number of ether oxygens (including phenoxy) is 2. The van der Waals surface area contributed by atoms with Gasteiger partial charge in [0.15, 0.2) is 8.32 Å². The Morgan fingerprint density at radius 1 is 1.10 bits per heavy atom. The number of imide groups is 1. The first-order valence-electron chi connectivity index (χ1n) is 10.1. The molecule has 6 nitrogen and oxygen atoms in total. The van der Waals surface area contributed by atoms with Crippen molar-refractivity contribution in [2.24, 2.45) is 0 Å². The fourth-order valence-electron chi connectivity index (χ4n) is 2.82. The Balaban J connectivity index is 2.25. The normalized spacial score (nSPS) is 20.6. The van der Waals surface area contributed by atoms with Gasteiger partial charge in [-0.1, -0.05) is 51.1 Å². The summed E-state index contributed by atoms with van der Waals surface area (Å²) in [4.78, 5) is 26.5. The molecule has 2 amide bonds. The molecule has 1 aliphatic heterocycles. The van der Waals surface area contributed by atoms with Gasteiger partial charge >= 0.3 is 12.2 Å². The molecule has 0 saturated carbocycles. The maximum Gasteiger partial charge on any atom is 0.420 e. The lowest BCUT2D eigenvalue weighted by Gasteiger charge is -2.37. The molecule has 1 fully saturated rings. The van der Waals surface area contributed by atoms with E-state index in [-0.39, 0.29) is 11.6 Å². The SMILES string of the molecule is CC(C)(C)OC(=O)N1C(=O)O[C@H](CO[Si](C)(C)C(C)(C)C)[C@@H]1Cc1ccccc1. The molecule has 0 bridgehead atoms. The second kappa shape index (κ2) is 8.48. The van der Waals surface area contributed by atoms with Crippen LogP contribution in [0.3, 0.4) is 0 Å². The zero-order valence-electron chi connectivity index (χ0n) is 18.9. The Bertz CT molecular complexity index is 721. The van der Waals surface area contributed by atoms with Crippen LogP contribution >= 0.6 is 0 Å². The highest BCUT2D eigenvalue weighted by atomic mass is 28.4. The summed E-state index contributed by atoms with van der Waals surface area (Å²) in [6, 6.07) is 9.27. The van der Waals surface area contributed by atoms with Crippen molar-refractivity contribution in [3.8, 4) is 0 Å². The van der Waals surface area contributed by atoms with E-state index in [1.807, 2.05) is 30.3 Å². The van der Waals surface area contributed by atoms with Crippen LogP contribution in [-0.2, 0) is 20.3 Å². The summed E-state index contributed by atoms with van der Waals surface area (Å²) in [6.45, 7) is 16.4. The number of benzene rings is 1. The molecule has 1 saturated heterocycles. The lowest BCUT2D eigenvalue weighted by molar-refractivity contribution is 0.0281. The van der Waals surface area contributed by atoms with Crippen molar-refractivity contribution in [1.29, 1.82) is 0 Å². The molecular formula is C22H35NO5Si. The summed E-state index contributed by atoms with van der Waals surface area (Å²) in [5, 5.41) is 0.0371. The molecule has 0 spiro atoms. The molecule has 1 aromatic carbocycles. The summed E-state index contributed by atoms with van der Waals surface area (Å²) in [6.07, 6.45) is -1.41. The van der Waals surface area contributed by atoms with Crippen molar-refractivity contribution in [2.75, 3.05) is 6.61 Å². The summed E-state index contributed by atoms with van der Waals surface area (Å²) < 4.78 is 17.4. The molecule has 1 heterocycles. The van der Waals surface area contributed by atoms with E-state index in [0.717, 1.165) is 10.5 Å². The lowest BCUT2D eigenvalue weighted by Crippen LogP contribution is -2.48. The quantitative estimate of drug-likeness (QED) is 0.598. The molecule has 0 N–H and O–H groups in total. The second-order valence-electron chi connectivity index (χ2n) is 10.1. The van der Waals surface area contributed by atoms with Gasteiger partial charge in [0.25, 0.3) is 0 Å². The van der Waals surface area contributed by atoms with E-state index in [0.29, 0.717) is 6.42 Å². The minimum Gasteiger partial charge on any atom is -0.443 e. The van der Waals surface area contributed by atoms with Gasteiger partial charge in [0.1, 0.15) is 11.7 Å². The third-order valence-electron chi connectivity index (χ3n) is 5.50. The van der Waals surface area contributed by atoms with Crippen molar-refractivity contribution in [1.82, 2.24) is 4.90 Å². The van der Waals surface area contributed by atoms with E-state index < -0.39 is 38.3 Å². The number of cyclic esters (lactones) is 1. The van der Waals surface area contributed by atoms with Gasteiger partial charge in [-0.3, -0.25) is 0 Å². The van der Waals surface area contributed by atoms with Crippen LogP contribution < -0.4 is 0 Å². The fraction of sp³-hybridized carbons (Fsp3) is 0.636. The van der Waals surface area contributed by atoms with Crippen molar-refractivity contribution in [3.63, 3.8) is 0 Å². The van der Waals surface area contributed by atoms with Crippen LogP contribution in [0.1, 0.15) is 47.1 Å². The summed E-state index contributed by atoms with van der Waals surface area (Å²) in [5.41, 5.74) is 0.311. The first-order chi connectivity index (χ1) is 13.2. The van der Waals surface area contributed by atoms with Crippen LogP contribution in [0.15, 0.2) is 30.3 Å². The molecule has 29 heavy (non-hydrogen) atoms. The maximum atomic E-state index is 12.7. The van der Waals surface area contributed by atoms with Gasteiger partial charge in [0.2, 0.25) is 0 Å². The lowest BCUT2D eigenvalue weighted by atomic mass is 10.0. The largest absolute Gasteiger partial charge is 0.443 e. The Morgan fingerprint density at radius 2 is 1.69 bits per heavy atom. The van der Waals surface area contributed by atoms with E-state index in [9.17, 15) is 9.59 Å². The van der Waals surface area contributed by atoms with Crippen LogP contribution in [-0.4, -0.2) is 49.8 Å². The van der Waals surface area contributed by atoms with Gasteiger partial charge in [-0.25, -0.2) is 14.5 Å². The molecule has 0 aromatic heterocycles. The third-order valence-corrected chi connectivity index (χ3v) is 10.0. The molecule has 1 aromatic rings. The number of rotatable bonds is 5. The zero-order chi connectivity index (χ0) is 22.0. The molecule has 0 radical (unpaired) electrons. The molecule has 2 rings (SSSR count). The van der Waals surface area contributed by atoms with Gasteiger partial charge in [-0.2, -0.15) is 0 Å². The number of carbonyl (C=O) groups is 2. The van der Waals surface area contributed by atoms with Crippen molar-refractivity contribution in [2.45, 2.75) is 83.8 Å². The van der Waals surface area contributed by atoms with Gasteiger partial charge in [0.05, 0.1) is 12.6 Å². The monoisotopic (exact) mass is 421 g/mol. The van der Waals surface area contributed by atoms with Crippen molar-refractivity contribution in [3.05, 3.63) is 35.9 Å².